The fourth-order valence-electron chi connectivity index (χ4n) is 1.63. The molecule has 0 spiro atoms. The number of rotatable bonds is 1. The first-order chi connectivity index (χ1) is 6.72. The standard InChI is InChI=1S/C11H9NO2/c1-7-2-3-8-9(6-7)10(4-5-12)14-11(8)13/h2-3,6,10H,4H2,1H3/t10-/m1/s1. The van der Waals surface area contributed by atoms with Crippen LogP contribution in [0.4, 0.5) is 0 Å². The molecule has 0 fully saturated rings. The summed E-state index contributed by atoms with van der Waals surface area (Å²) in [6.45, 7) is 1.95. The van der Waals surface area contributed by atoms with Gasteiger partial charge in [-0.2, -0.15) is 5.26 Å². The Kier molecular flexibility index (Phi) is 1.97. The molecule has 0 N–H and O–H groups in total. The Morgan fingerprint density at radius 2 is 2.36 bits per heavy atom. The molecular weight excluding hydrogens is 178 g/mol. The fourth-order valence-corrected chi connectivity index (χ4v) is 1.63. The monoisotopic (exact) mass is 187 g/mol. The first-order valence-electron chi connectivity index (χ1n) is 4.41. The van der Waals surface area contributed by atoms with E-state index in [4.69, 9.17) is 10.00 Å². The number of cyclic esters (lactones) is 1. The van der Waals surface area contributed by atoms with Gasteiger partial charge in [0.25, 0.3) is 0 Å². The van der Waals surface area contributed by atoms with Gasteiger partial charge in [0.1, 0.15) is 6.10 Å². The highest BCUT2D eigenvalue weighted by molar-refractivity contribution is 5.94. The van der Waals surface area contributed by atoms with Gasteiger partial charge >= 0.3 is 5.97 Å². The number of ether oxygens (including phenoxy) is 1. The third-order valence-corrected chi connectivity index (χ3v) is 2.30. The topological polar surface area (TPSA) is 50.1 Å². The lowest BCUT2D eigenvalue weighted by molar-refractivity contribution is 0.0395. The highest BCUT2D eigenvalue weighted by atomic mass is 16.5. The van der Waals surface area contributed by atoms with E-state index in [-0.39, 0.29) is 18.5 Å². The number of nitriles is 1. The molecule has 3 heteroatoms. The van der Waals surface area contributed by atoms with Gasteiger partial charge in [-0.3, -0.25) is 0 Å². The van der Waals surface area contributed by atoms with Crippen molar-refractivity contribution in [2.75, 3.05) is 0 Å². The van der Waals surface area contributed by atoms with Gasteiger partial charge in [0.05, 0.1) is 18.1 Å². The molecule has 0 saturated carbocycles. The molecule has 0 aliphatic carbocycles. The Labute approximate surface area is 81.9 Å². The van der Waals surface area contributed by atoms with Crippen LogP contribution in [0.15, 0.2) is 18.2 Å². The molecule has 0 bridgehead atoms. The molecule has 1 aliphatic heterocycles. The number of carbonyl (C=O) groups excluding carboxylic acids is 1. The number of carbonyl (C=O) groups is 1. The molecular formula is C11H9NO2. The summed E-state index contributed by atoms with van der Waals surface area (Å²) in [6, 6.07) is 7.54. The van der Waals surface area contributed by atoms with Gasteiger partial charge in [-0.15, -0.1) is 0 Å². The van der Waals surface area contributed by atoms with Crippen molar-refractivity contribution in [1.82, 2.24) is 0 Å². The minimum Gasteiger partial charge on any atom is -0.453 e. The maximum atomic E-state index is 11.3. The summed E-state index contributed by atoms with van der Waals surface area (Å²) in [5.41, 5.74) is 2.51. The first kappa shape index (κ1) is 8.76. The van der Waals surface area contributed by atoms with E-state index >= 15 is 0 Å². The van der Waals surface area contributed by atoms with Crippen LogP contribution < -0.4 is 0 Å². The van der Waals surface area contributed by atoms with E-state index < -0.39 is 0 Å². The van der Waals surface area contributed by atoms with Gasteiger partial charge in [0.2, 0.25) is 0 Å². The molecule has 0 saturated heterocycles. The van der Waals surface area contributed by atoms with Crippen LogP contribution in [-0.2, 0) is 4.74 Å². The molecule has 0 aromatic heterocycles. The minimum absolute atomic E-state index is 0.224. The van der Waals surface area contributed by atoms with Crippen LogP contribution in [0.25, 0.3) is 0 Å². The molecule has 1 atom stereocenters. The molecule has 2 rings (SSSR count). The van der Waals surface area contributed by atoms with Crippen molar-refractivity contribution in [1.29, 1.82) is 5.26 Å². The molecule has 1 aromatic rings. The van der Waals surface area contributed by atoms with Gasteiger partial charge in [-0.05, 0) is 13.0 Å². The van der Waals surface area contributed by atoms with Crippen molar-refractivity contribution in [3.8, 4) is 6.07 Å². The van der Waals surface area contributed by atoms with Crippen molar-refractivity contribution < 1.29 is 9.53 Å². The Morgan fingerprint density at radius 3 is 3.07 bits per heavy atom. The maximum Gasteiger partial charge on any atom is 0.339 e. The SMILES string of the molecule is Cc1ccc2c(c1)[C@@H](CC#N)OC2=O. The second-order valence-electron chi connectivity index (χ2n) is 3.35. The predicted octanol–water partition coefficient (Wildman–Crippen LogP) is 2.12. The number of benzene rings is 1. The van der Waals surface area contributed by atoms with Crippen LogP contribution >= 0.6 is 0 Å². The van der Waals surface area contributed by atoms with Gasteiger partial charge in [-0.25, -0.2) is 4.79 Å². The van der Waals surface area contributed by atoms with E-state index in [1.54, 1.807) is 6.07 Å². The zero-order valence-electron chi connectivity index (χ0n) is 7.78. The van der Waals surface area contributed by atoms with Crippen molar-refractivity contribution >= 4 is 5.97 Å². The number of aryl methyl sites for hydroxylation is 1. The number of hydrogen-bond donors (Lipinski definition) is 0. The number of fused-ring (bicyclic) bond motifs is 1. The Hall–Kier alpha value is -1.82. The fraction of sp³-hybridized carbons (Fsp3) is 0.273. The zero-order valence-corrected chi connectivity index (χ0v) is 7.78. The second-order valence-corrected chi connectivity index (χ2v) is 3.35. The van der Waals surface area contributed by atoms with Crippen molar-refractivity contribution in [2.24, 2.45) is 0 Å². The lowest BCUT2D eigenvalue weighted by Gasteiger charge is -2.05. The highest BCUT2D eigenvalue weighted by Gasteiger charge is 2.30. The minimum atomic E-state index is -0.373. The third-order valence-electron chi connectivity index (χ3n) is 2.30. The Morgan fingerprint density at radius 1 is 1.57 bits per heavy atom. The Balaban J connectivity index is 2.46. The van der Waals surface area contributed by atoms with E-state index in [9.17, 15) is 4.79 Å². The predicted molar refractivity (Wildman–Crippen MR) is 49.6 cm³/mol. The summed E-state index contributed by atoms with van der Waals surface area (Å²) in [7, 11) is 0. The van der Waals surface area contributed by atoms with Crippen LogP contribution in [0.3, 0.4) is 0 Å². The number of nitrogens with zero attached hydrogens (tertiary/aromatic N) is 1. The van der Waals surface area contributed by atoms with Gasteiger partial charge < -0.3 is 4.74 Å². The summed E-state index contributed by atoms with van der Waals surface area (Å²) in [4.78, 5) is 11.3. The molecule has 0 unspecified atom stereocenters. The second kappa shape index (κ2) is 3.15. The average molecular weight is 187 g/mol. The smallest absolute Gasteiger partial charge is 0.339 e. The lowest BCUT2D eigenvalue weighted by Crippen LogP contribution is -1.97. The normalized spacial score (nSPS) is 18.6. The molecule has 14 heavy (non-hydrogen) atoms. The number of hydrogen-bond acceptors (Lipinski definition) is 3. The van der Waals surface area contributed by atoms with E-state index in [0.717, 1.165) is 11.1 Å². The van der Waals surface area contributed by atoms with Gasteiger partial charge in [0, 0.05) is 5.56 Å². The highest BCUT2D eigenvalue weighted by Crippen LogP contribution is 2.33. The van der Waals surface area contributed by atoms with E-state index in [1.807, 2.05) is 25.1 Å². The summed E-state index contributed by atoms with van der Waals surface area (Å²) in [5.74, 6) is -0.319. The summed E-state index contributed by atoms with van der Waals surface area (Å²) >= 11 is 0. The molecule has 1 heterocycles. The zero-order chi connectivity index (χ0) is 10.1. The van der Waals surface area contributed by atoms with Crippen molar-refractivity contribution in [3.63, 3.8) is 0 Å². The molecule has 0 radical (unpaired) electrons. The van der Waals surface area contributed by atoms with Gasteiger partial charge in [0.15, 0.2) is 0 Å². The first-order valence-corrected chi connectivity index (χ1v) is 4.41. The summed E-state index contributed by atoms with van der Waals surface area (Å²) in [6.07, 6.45) is -0.148. The van der Waals surface area contributed by atoms with Crippen LogP contribution in [0.1, 0.15) is 34.0 Å². The van der Waals surface area contributed by atoms with Crippen LogP contribution in [-0.4, -0.2) is 5.97 Å². The van der Waals surface area contributed by atoms with E-state index in [1.165, 1.54) is 0 Å². The Bertz CT molecular complexity index is 431. The van der Waals surface area contributed by atoms with Crippen molar-refractivity contribution in [2.45, 2.75) is 19.4 Å². The number of esters is 1. The van der Waals surface area contributed by atoms with Gasteiger partial charge in [-0.1, -0.05) is 17.7 Å². The lowest BCUT2D eigenvalue weighted by atomic mass is 10.0. The quantitative estimate of drug-likeness (QED) is 0.633. The molecule has 1 aliphatic rings. The molecule has 3 nitrogen and oxygen atoms in total. The van der Waals surface area contributed by atoms with E-state index in [2.05, 4.69) is 0 Å². The summed E-state index contributed by atoms with van der Waals surface area (Å²) < 4.78 is 5.07. The average Bonchev–Trinajstić information content (AvgIpc) is 2.44. The molecule has 1 aromatic carbocycles. The van der Waals surface area contributed by atoms with Crippen LogP contribution in [0.2, 0.25) is 0 Å². The van der Waals surface area contributed by atoms with Crippen LogP contribution in [0, 0.1) is 18.3 Å². The van der Waals surface area contributed by atoms with E-state index in [0.29, 0.717) is 5.56 Å². The van der Waals surface area contributed by atoms with Crippen LogP contribution in [0.5, 0.6) is 0 Å². The van der Waals surface area contributed by atoms with Crippen molar-refractivity contribution in [3.05, 3.63) is 34.9 Å². The largest absolute Gasteiger partial charge is 0.453 e. The third kappa shape index (κ3) is 1.25. The molecule has 70 valence electrons. The molecule has 0 amide bonds. The summed E-state index contributed by atoms with van der Waals surface area (Å²) in [5, 5.41) is 8.57. The maximum absolute atomic E-state index is 11.3.